The second-order valence-electron chi connectivity index (χ2n) is 6.18. The third-order valence-electron chi connectivity index (χ3n) is 4.39. The normalized spacial score (nSPS) is 32.4. The monoisotopic (exact) mass is 277 g/mol. The van der Waals surface area contributed by atoms with Crippen molar-refractivity contribution in [3.05, 3.63) is 23.5 Å². The number of nitrogens with zero attached hydrogens (tertiary/aromatic N) is 3. The lowest BCUT2D eigenvalue weighted by Gasteiger charge is -2.22. The van der Waals surface area contributed by atoms with Gasteiger partial charge in [-0.25, -0.2) is 4.98 Å². The van der Waals surface area contributed by atoms with Crippen molar-refractivity contribution in [1.82, 2.24) is 14.3 Å². The Labute approximate surface area is 116 Å². The van der Waals surface area contributed by atoms with E-state index in [2.05, 4.69) is 16.8 Å². The van der Waals surface area contributed by atoms with E-state index in [1.165, 1.54) is 12.8 Å². The van der Waals surface area contributed by atoms with Gasteiger partial charge in [-0.1, -0.05) is 0 Å². The zero-order valence-electron chi connectivity index (χ0n) is 11.1. The van der Waals surface area contributed by atoms with Crippen LogP contribution < -0.4 is 0 Å². The Kier molecular flexibility index (Phi) is 2.53. The van der Waals surface area contributed by atoms with Crippen molar-refractivity contribution in [2.45, 2.75) is 50.3 Å². The van der Waals surface area contributed by atoms with Gasteiger partial charge in [0.15, 0.2) is 4.96 Å². The average molecular weight is 277 g/mol. The van der Waals surface area contributed by atoms with E-state index in [0.717, 1.165) is 29.7 Å². The molecule has 4 nitrogen and oxygen atoms in total. The third kappa shape index (κ3) is 2.10. The van der Waals surface area contributed by atoms with Crippen LogP contribution in [0.25, 0.3) is 4.96 Å². The molecule has 1 saturated heterocycles. The second kappa shape index (κ2) is 4.04. The highest BCUT2D eigenvalue weighted by atomic mass is 32.1. The van der Waals surface area contributed by atoms with Gasteiger partial charge >= 0.3 is 0 Å². The molecule has 2 unspecified atom stereocenters. The first-order chi connectivity index (χ1) is 9.13. The summed E-state index contributed by atoms with van der Waals surface area (Å²) in [7, 11) is 0. The molecule has 3 heterocycles. The number of thiazole rings is 1. The van der Waals surface area contributed by atoms with Crippen molar-refractivity contribution in [2.75, 3.05) is 6.54 Å². The maximum atomic E-state index is 10.8. The van der Waals surface area contributed by atoms with Crippen LogP contribution in [0.5, 0.6) is 0 Å². The number of hydrogen-bond acceptors (Lipinski definition) is 4. The van der Waals surface area contributed by atoms with Gasteiger partial charge in [-0.15, -0.1) is 11.3 Å². The van der Waals surface area contributed by atoms with Crippen LogP contribution in [-0.4, -0.2) is 43.6 Å². The van der Waals surface area contributed by atoms with Crippen LogP contribution >= 0.6 is 11.3 Å². The molecule has 1 N–H and O–H groups in total. The van der Waals surface area contributed by atoms with E-state index in [4.69, 9.17) is 0 Å². The fraction of sp³-hybridized carbons (Fsp3) is 0.643. The SMILES string of the molecule is CC1CC(O)(Cc2cn3ccsc3n2)CN1C1CC1. The first-order valence-corrected chi connectivity index (χ1v) is 7.90. The Morgan fingerprint density at radius 2 is 2.37 bits per heavy atom. The quantitative estimate of drug-likeness (QED) is 0.932. The number of rotatable bonds is 3. The summed E-state index contributed by atoms with van der Waals surface area (Å²) in [5.41, 5.74) is 0.422. The van der Waals surface area contributed by atoms with Gasteiger partial charge in [0, 0.05) is 42.8 Å². The molecule has 2 atom stereocenters. The van der Waals surface area contributed by atoms with E-state index in [9.17, 15) is 5.11 Å². The highest BCUT2D eigenvalue weighted by Crippen LogP contribution is 2.38. The smallest absolute Gasteiger partial charge is 0.193 e. The van der Waals surface area contributed by atoms with Gasteiger partial charge in [-0.3, -0.25) is 9.30 Å². The lowest BCUT2D eigenvalue weighted by atomic mass is 9.95. The highest BCUT2D eigenvalue weighted by molar-refractivity contribution is 7.15. The molecule has 0 radical (unpaired) electrons. The molecular weight excluding hydrogens is 258 g/mol. The van der Waals surface area contributed by atoms with Crippen molar-refractivity contribution in [3.8, 4) is 0 Å². The minimum Gasteiger partial charge on any atom is -0.388 e. The lowest BCUT2D eigenvalue weighted by molar-refractivity contribution is 0.0479. The highest BCUT2D eigenvalue weighted by Gasteiger charge is 2.46. The summed E-state index contributed by atoms with van der Waals surface area (Å²) in [6.45, 7) is 3.05. The Morgan fingerprint density at radius 3 is 3.11 bits per heavy atom. The van der Waals surface area contributed by atoms with Crippen LogP contribution in [-0.2, 0) is 6.42 Å². The van der Waals surface area contributed by atoms with Crippen molar-refractivity contribution in [3.63, 3.8) is 0 Å². The van der Waals surface area contributed by atoms with E-state index >= 15 is 0 Å². The minimum atomic E-state index is -0.591. The molecule has 5 heteroatoms. The molecule has 0 bridgehead atoms. The van der Waals surface area contributed by atoms with E-state index in [1.807, 2.05) is 22.2 Å². The van der Waals surface area contributed by atoms with Gasteiger partial charge in [0.25, 0.3) is 0 Å². The van der Waals surface area contributed by atoms with Crippen LogP contribution in [0.3, 0.4) is 0 Å². The topological polar surface area (TPSA) is 40.8 Å². The van der Waals surface area contributed by atoms with Crippen LogP contribution in [0.4, 0.5) is 0 Å². The number of likely N-dealkylation sites (tertiary alicyclic amines) is 1. The van der Waals surface area contributed by atoms with Gasteiger partial charge in [0.1, 0.15) is 0 Å². The Morgan fingerprint density at radius 1 is 1.53 bits per heavy atom. The second-order valence-corrected chi connectivity index (χ2v) is 7.06. The lowest BCUT2D eigenvalue weighted by Crippen LogP contribution is -2.36. The summed E-state index contributed by atoms with van der Waals surface area (Å²) >= 11 is 1.64. The zero-order valence-corrected chi connectivity index (χ0v) is 11.9. The first kappa shape index (κ1) is 11.9. The maximum Gasteiger partial charge on any atom is 0.193 e. The van der Waals surface area contributed by atoms with Gasteiger partial charge < -0.3 is 5.11 Å². The molecule has 1 aliphatic carbocycles. The zero-order chi connectivity index (χ0) is 13.0. The molecule has 4 rings (SSSR count). The number of aromatic nitrogens is 2. The predicted molar refractivity (Wildman–Crippen MR) is 75.5 cm³/mol. The van der Waals surface area contributed by atoms with Crippen LogP contribution in [0.2, 0.25) is 0 Å². The van der Waals surface area contributed by atoms with Crippen molar-refractivity contribution in [1.29, 1.82) is 0 Å². The summed E-state index contributed by atoms with van der Waals surface area (Å²) < 4.78 is 2.04. The fourth-order valence-corrected chi connectivity index (χ4v) is 4.17. The van der Waals surface area contributed by atoms with Crippen molar-refractivity contribution in [2.24, 2.45) is 0 Å². The largest absolute Gasteiger partial charge is 0.388 e. The number of fused-ring (bicyclic) bond motifs is 1. The molecule has 19 heavy (non-hydrogen) atoms. The van der Waals surface area contributed by atoms with Crippen LogP contribution in [0.1, 0.15) is 31.9 Å². The molecule has 0 spiro atoms. The number of imidazole rings is 1. The molecule has 0 aromatic carbocycles. The van der Waals surface area contributed by atoms with Gasteiger partial charge in [0.05, 0.1) is 11.3 Å². The number of aliphatic hydroxyl groups is 1. The summed E-state index contributed by atoms with van der Waals surface area (Å²) in [5.74, 6) is 0. The Balaban J connectivity index is 1.53. The molecule has 2 aliphatic rings. The molecule has 1 aliphatic heterocycles. The molecule has 0 amide bonds. The Bertz CT molecular complexity index is 574. The van der Waals surface area contributed by atoms with Crippen molar-refractivity contribution < 1.29 is 5.11 Å². The molecule has 2 aromatic heterocycles. The summed E-state index contributed by atoms with van der Waals surface area (Å²) in [6.07, 6.45) is 8.23. The number of hydrogen-bond donors (Lipinski definition) is 1. The summed E-state index contributed by atoms with van der Waals surface area (Å²) in [5, 5.41) is 12.9. The fourth-order valence-electron chi connectivity index (χ4n) is 3.45. The third-order valence-corrected chi connectivity index (χ3v) is 5.16. The predicted octanol–water partition coefficient (Wildman–Crippen LogP) is 1.93. The van der Waals surface area contributed by atoms with E-state index in [1.54, 1.807) is 11.3 Å². The molecule has 2 fully saturated rings. The van der Waals surface area contributed by atoms with Crippen molar-refractivity contribution >= 4 is 16.3 Å². The number of β-amino-alcohol motifs (C(OH)–C–C–N with tert-alkyl or cyclic N) is 1. The van der Waals surface area contributed by atoms with Gasteiger partial charge in [-0.05, 0) is 26.2 Å². The maximum absolute atomic E-state index is 10.8. The molecular formula is C14H19N3OS. The summed E-state index contributed by atoms with van der Waals surface area (Å²) in [4.78, 5) is 8.10. The van der Waals surface area contributed by atoms with Gasteiger partial charge in [0.2, 0.25) is 0 Å². The Hall–Kier alpha value is -0.910. The van der Waals surface area contributed by atoms with E-state index in [-0.39, 0.29) is 0 Å². The molecule has 1 saturated carbocycles. The average Bonchev–Trinajstić information content (AvgIpc) is 2.87. The van der Waals surface area contributed by atoms with E-state index < -0.39 is 5.60 Å². The first-order valence-electron chi connectivity index (χ1n) is 7.02. The molecule has 2 aromatic rings. The van der Waals surface area contributed by atoms with Gasteiger partial charge in [-0.2, -0.15) is 0 Å². The minimum absolute atomic E-state index is 0.501. The molecule has 102 valence electrons. The summed E-state index contributed by atoms with van der Waals surface area (Å²) in [6, 6.07) is 1.23. The van der Waals surface area contributed by atoms with Crippen LogP contribution in [0.15, 0.2) is 17.8 Å². The van der Waals surface area contributed by atoms with E-state index in [0.29, 0.717) is 12.5 Å². The standard InChI is InChI=1S/C14H19N3OS/c1-10-6-14(18,9-17(10)12-2-3-12)7-11-8-16-4-5-19-13(16)15-11/h4-5,8,10,12,18H,2-3,6-7,9H2,1H3. The van der Waals surface area contributed by atoms with Crippen LogP contribution in [0, 0.1) is 0 Å².